The summed E-state index contributed by atoms with van der Waals surface area (Å²) in [4.78, 5) is 24.7. The summed E-state index contributed by atoms with van der Waals surface area (Å²) >= 11 is 0. The molecule has 0 saturated heterocycles. The van der Waals surface area contributed by atoms with Crippen LogP contribution in [-0.4, -0.2) is 36.4 Å². The van der Waals surface area contributed by atoms with Gasteiger partial charge in [-0.15, -0.1) is 0 Å². The van der Waals surface area contributed by atoms with Crippen LogP contribution < -0.4 is 0 Å². The zero-order valence-electron chi connectivity index (χ0n) is 62.7. The molecule has 94 heavy (non-hydrogen) atoms. The number of carbonyl (C=O) groups excluding carboxylic acids is 2. The highest BCUT2D eigenvalue weighted by atomic mass is 16.6. The molecule has 0 heterocycles. The van der Waals surface area contributed by atoms with Crippen molar-refractivity contribution in [2.45, 2.75) is 431 Å². The van der Waals surface area contributed by atoms with E-state index >= 15 is 0 Å². The Kier molecular flexibility index (Phi) is 80.7. The van der Waals surface area contributed by atoms with Crippen molar-refractivity contribution in [1.82, 2.24) is 0 Å². The van der Waals surface area contributed by atoms with Crippen molar-refractivity contribution in [1.29, 1.82) is 0 Å². The average Bonchev–Trinajstić information content (AvgIpc) is 3.65. The first kappa shape index (κ1) is 90.6. The second kappa shape index (κ2) is 83.8. The molecule has 1 unspecified atom stereocenters. The van der Waals surface area contributed by atoms with Gasteiger partial charge in [0.2, 0.25) is 0 Å². The van der Waals surface area contributed by atoms with E-state index in [-0.39, 0.29) is 25.2 Å². The summed E-state index contributed by atoms with van der Waals surface area (Å²) in [5.41, 5.74) is 0. The molecule has 5 heteroatoms. The number of carbonyl (C=O) groups is 2. The normalized spacial score (nSPS) is 12.8. The molecule has 0 radical (unpaired) electrons. The predicted molar refractivity (Wildman–Crippen MR) is 417 cm³/mol. The SMILES string of the molecule is CC/C=C\C/C=C\C/C=C\C/C=C\C/C=C\CCCCCCCCCCCCCCCCCCCCCCCCCC(=O)OC(CO)COC(=O)CCCCCCCCCCCCCCCCCCCCCCCCCCCCCC/C=C\C/C=C\C/C=C\C/C=C\CC. The number of aliphatic hydroxyl groups is 1. The van der Waals surface area contributed by atoms with Gasteiger partial charge < -0.3 is 14.6 Å². The maximum absolute atomic E-state index is 12.4. The maximum Gasteiger partial charge on any atom is 0.306 e. The van der Waals surface area contributed by atoms with Gasteiger partial charge in [0, 0.05) is 12.8 Å². The Balaban J connectivity index is 3.38. The fourth-order valence-corrected chi connectivity index (χ4v) is 12.5. The first-order valence-corrected chi connectivity index (χ1v) is 41.4. The molecule has 0 fully saturated rings. The molecular formula is C89H158O5. The zero-order chi connectivity index (χ0) is 67.5. The van der Waals surface area contributed by atoms with Gasteiger partial charge in [0.05, 0.1) is 6.61 Å². The van der Waals surface area contributed by atoms with E-state index < -0.39 is 6.10 Å². The number of unbranched alkanes of at least 4 members (excludes halogenated alkanes) is 51. The highest BCUT2D eigenvalue weighted by molar-refractivity contribution is 5.70. The van der Waals surface area contributed by atoms with E-state index in [1.54, 1.807) is 0 Å². The van der Waals surface area contributed by atoms with E-state index in [9.17, 15) is 14.7 Å². The van der Waals surface area contributed by atoms with Crippen LogP contribution in [0.4, 0.5) is 0 Å². The molecule has 0 saturated carbocycles. The minimum absolute atomic E-state index is 0.0616. The lowest BCUT2D eigenvalue weighted by molar-refractivity contribution is -0.161. The van der Waals surface area contributed by atoms with Crippen LogP contribution in [0.5, 0.6) is 0 Å². The highest BCUT2D eigenvalue weighted by Crippen LogP contribution is 2.20. The first-order chi connectivity index (χ1) is 46.6. The molecule has 0 aliphatic rings. The average molecular weight is 1310 g/mol. The second-order valence-electron chi connectivity index (χ2n) is 27.8. The van der Waals surface area contributed by atoms with Gasteiger partial charge in [-0.05, 0) is 96.3 Å². The monoisotopic (exact) mass is 1310 g/mol. The van der Waals surface area contributed by atoms with Gasteiger partial charge in [0.1, 0.15) is 6.61 Å². The summed E-state index contributed by atoms with van der Waals surface area (Å²) in [5, 5.41) is 9.74. The lowest BCUT2D eigenvalue weighted by atomic mass is 10.0. The summed E-state index contributed by atoms with van der Waals surface area (Å²) < 4.78 is 10.8. The van der Waals surface area contributed by atoms with E-state index in [2.05, 4.69) is 123 Å². The Morgan fingerprint density at radius 1 is 0.245 bits per heavy atom. The Bertz CT molecular complexity index is 1780. The van der Waals surface area contributed by atoms with Crippen LogP contribution in [0.1, 0.15) is 425 Å². The smallest absolute Gasteiger partial charge is 0.306 e. The molecule has 0 spiro atoms. The zero-order valence-corrected chi connectivity index (χ0v) is 62.7. The third-order valence-electron chi connectivity index (χ3n) is 18.6. The molecule has 0 bridgehead atoms. The van der Waals surface area contributed by atoms with Crippen LogP contribution >= 0.6 is 0 Å². The summed E-state index contributed by atoms with van der Waals surface area (Å²) in [6.45, 7) is 3.97. The van der Waals surface area contributed by atoms with Crippen molar-refractivity contribution in [3.05, 3.63) is 109 Å². The topological polar surface area (TPSA) is 72.8 Å². The number of aliphatic hydroxyl groups excluding tert-OH is 1. The first-order valence-electron chi connectivity index (χ1n) is 41.4. The molecule has 0 rings (SSSR count). The van der Waals surface area contributed by atoms with Gasteiger partial charge in [-0.2, -0.15) is 0 Å². The molecule has 0 aromatic rings. The molecule has 0 aromatic carbocycles. The largest absolute Gasteiger partial charge is 0.462 e. The number of hydrogen-bond acceptors (Lipinski definition) is 5. The van der Waals surface area contributed by atoms with Crippen molar-refractivity contribution in [2.75, 3.05) is 13.2 Å². The molecule has 1 atom stereocenters. The fourth-order valence-electron chi connectivity index (χ4n) is 12.5. The minimum atomic E-state index is -0.774. The Morgan fingerprint density at radius 3 is 0.638 bits per heavy atom. The van der Waals surface area contributed by atoms with E-state index in [0.29, 0.717) is 12.8 Å². The summed E-state index contributed by atoms with van der Waals surface area (Å²) in [7, 11) is 0. The number of rotatable bonds is 77. The number of ether oxygens (including phenoxy) is 2. The van der Waals surface area contributed by atoms with Gasteiger partial charge in [0.25, 0.3) is 0 Å². The molecule has 0 amide bonds. The molecule has 1 N–H and O–H groups in total. The lowest BCUT2D eigenvalue weighted by Gasteiger charge is -2.15. The van der Waals surface area contributed by atoms with Crippen LogP contribution in [0.25, 0.3) is 0 Å². The van der Waals surface area contributed by atoms with Crippen LogP contribution in [-0.2, 0) is 19.1 Å². The Labute approximate surface area is 586 Å². The Morgan fingerprint density at radius 2 is 0.426 bits per heavy atom. The summed E-state index contributed by atoms with van der Waals surface area (Å²) in [6, 6.07) is 0. The molecular weight excluding hydrogens is 1150 g/mol. The minimum Gasteiger partial charge on any atom is -0.462 e. The van der Waals surface area contributed by atoms with E-state index in [1.165, 1.54) is 302 Å². The number of esters is 2. The second-order valence-corrected chi connectivity index (χ2v) is 27.8. The van der Waals surface area contributed by atoms with Crippen LogP contribution in [0.3, 0.4) is 0 Å². The Hall–Kier alpha value is -3.44. The van der Waals surface area contributed by atoms with Crippen molar-refractivity contribution in [3.8, 4) is 0 Å². The predicted octanol–water partition coefficient (Wildman–Crippen LogP) is 29.4. The van der Waals surface area contributed by atoms with Crippen molar-refractivity contribution in [2.24, 2.45) is 0 Å². The molecule has 0 aromatic heterocycles. The number of hydrogen-bond donors (Lipinski definition) is 1. The van der Waals surface area contributed by atoms with Gasteiger partial charge >= 0.3 is 11.9 Å². The molecule has 0 aliphatic carbocycles. The highest BCUT2D eigenvalue weighted by Gasteiger charge is 2.16. The van der Waals surface area contributed by atoms with Gasteiger partial charge in [-0.1, -0.05) is 425 Å². The van der Waals surface area contributed by atoms with Gasteiger partial charge in [-0.25, -0.2) is 0 Å². The lowest BCUT2D eigenvalue weighted by Crippen LogP contribution is -2.28. The summed E-state index contributed by atoms with van der Waals surface area (Å²) in [6.07, 6.45) is 122. The third-order valence-corrected chi connectivity index (χ3v) is 18.6. The van der Waals surface area contributed by atoms with Crippen molar-refractivity contribution in [3.63, 3.8) is 0 Å². The van der Waals surface area contributed by atoms with Crippen molar-refractivity contribution < 1.29 is 24.2 Å². The molecule has 0 aliphatic heterocycles. The third kappa shape index (κ3) is 81.0. The maximum atomic E-state index is 12.4. The summed E-state index contributed by atoms with van der Waals surface area (Å²) in [5.74, 6) is -0.567. The van der Waals surface area contributed by atoms with E-state index in [0.717, 1.165) is 96.3 Å². The quantitative estimate of drug-likeness (QED) is 0.0373. The van der Waals surface area contributed by atoms with Gasteiger partial charge in [-0.3, -0.25) is 9.59 Å². The molecule has 544 valence electrons. The fraction of sp³-hybridized carbons (Fsp3) is 0.775. The van der Waals surface area contributed by atoms with Gasteiger partial charge in [0.15, 0.2) is 6.10 Å². The van der Waals surface area contributed by atoms with Crippen LogP contribution in [0.2, 0.25) is 0 Å². The standard InChI is InChI=1S/C89H158O5/c1-3-5-7-9-11-13-15-17-19-21-23-25-27-29-31-33-35-37-39-41-43-44-46-47-49-51-53-55-57-59-61-63-65-67-69-71-73-75-77-79-81-83-88(91)93-86-87(85-90)94-89(92)84-82-80-78-76-74-72-70-68-66-64-62-60-58-56-54-52-50-48-45-42-40-38-36-34-32-30-28-26-24-22-20-18-16-14-12-10-8-6-4-2/h5-8,11-14,17-20,23-26,30,32,87,90H,3-4,9-10,15-16,21-22,27-29,31,33-86H2,1-2H3/b7-5-,8-6-,13-11-,14-12-,19-17-,20-18-,25-23-,26-24-,32-30-. The molecule has 5 nitrogen and oxygen atoms in total. The van der Waals surface area contributed by atoms with Crippen LogP contribution in [0.15, 0.2) is 109 Å². The van der Waals surface area contributed by atoms with E-state index in [1.807, 2.05) is 0 Å². The number of allylic oxidation sites excluding steroid dienone is 18. The van der Waals surface area contributed by atoms with Crippen molar-refractivity contribution >= 4 is 11.9 Å². The van der Waals surface area contributed by atoms with Crippen LogP contribution in [0, 0.1) is 0 Å². The van der Waals surface area contributed by atoms with E-state index in [4.69, 9.17) is 9.47 Å².